The van der Waals surface area contributed by atoms with Gasteiger partial charge in [-0.1, -0.05) is 12.2 Å². The average Bonchev–Trinajstić information content (AvgIpc) is 2.39. The molecule has 2 aliphatic rings. The number of rotatable bonds is 4. The van der Waals surface area contributed by atoms with E-state index in [-0.39, 0.29) is 19.5 Å². The van der Waals surface area contributed by atoms with Gasteiger partial charge in [0, 0.05) is 13.1 Å². The predicted molar refractivity (Wildman–Crippen MR) is 66.4 cm³/mol. The van der Waals surface area contributed by atoms with Crippen LogP contribution in [-0.4, -0.2) is 51.9 Å². The third-order valence-corrected chi connectivity index (χ3v) is 3.53. The Morgan fingerprint density at radius 3 is 2.32 bits per heavy atom. The van der Waals surface area contributed by atoms with E-state index in [4.69, 9.17) is 0 Å². The summed E-state index contributed by atoms with van der Waals surface area (Å²) in [6.45, 7) is 7.17. The Hall–Kier alpha value is -1.95. The number of aliphatic hydroxyl groups is 1. The number of likely N-dealkylation sites (tertiary alicyclic amines) is 2. The molecule has 19 heavy (non-hydrogen) atoms. The van der Waals surface area contributed by atoms with Crippen LogP contribution < -0.4 is 0 Å². The van der Waals surface area contributed by atoms with Gasteiger partial charge in [-0.05, 0) is 6.42 Å². The van der Waals surface area contributed by atoms with Crippen molar-refractivity contribution in [1.82, 2.24) is 9.80 Å². The Kier molecular flexibility index (Phi) is 3.53. The molecule has 2 rings (SSSR count). The van der Waals surface area contributed by atoms with E-state index in [1.165, 1.54) is 12.2 Å². The molecule has 3 atom stereocenters. The molecule has 1 N–H and O–H groups in total. The zero-order valence-corrected chi connectivity index (χ0v) is 10.5. The lowest BCUT2D eigenvalue weighted by Gasteiger charge is -2.45. The lowest BCUT2D eigenvalue weighted by Crippen LogP contribution is -2.64. The number of amides is 3. The summed E-state index contributed by atoms with van der Waals surface area (Å²) in [5.74, 6) is -3.04. The molecular formula is C13H16N2O4. The van der Waals surface area contributed by atoms with Crippen LogP contribution in [0.25, 0.3) is 0 Å². The maximum absolute atomic E-state index is 12.1. The van der Waals surface area contributed by atoms with E-state index in [1.54, 1.807) is 0 Å². The van der Waals surface area contributed by atoms with Crippen LogP contribution in [0.3, 0.4) is 0 Å². The van der Waals surface area contributed by atoms with Gasteiger partial charge in [-0.2, -0.15) is 0 Å². The van der Waals surface area contributed by atoms with Gasteiger partial charge in [0.25, 0.3) is 0 Å². The second-order valence-electron chi connectivity index (χ2n) is 4.66. The minimum absolute atomic E-state index is 0.0616. The Labute approximate surface area is 111 Å². The number of aliphatic hydroxyl groups excluding tert-OH is 1. The highest BCUT2D eigenvalue weighted by Crippen LogP contribution is 2.34. The molecule has 2 aliphatic heterocycles. The number of nitrogens with zero attached hydrogens (tertiary/aromatic N) is 2. The van der Waals surface area contributed by atoms with Gasteiger partial charge in [0.2, 0.25) is 17.7 Å². The Bertz CT molecular complexity index is 458. The zero-order chi connectivity index (χ0) is 14.2. The molecular weight excluding hydrogens is 248 g/mol. The van der Waals surface area contributed by atoms with E-state index >= 15 is 0 Å². The SMILES string of the molecule is C=CCN1C(=O)[C@H]2C[C@@H](C1=O)[C@H](O)N(CC=C)C2=O. The molecule has 0 aromatic carbocycles. The second kappa shape index (κ2) is 4.97. The lowest BCUT2D eigenvalue weighted by atomic mass is 9.81. The average molecular weight is 264 g/mol. The number of carbonyl (C=O) groups is 3. The summed E-state index contributed by atoms with van der Waals surface area (Å²) in [4.78, 5) is 38.5. The van der Waals surface area contributed by atoms with Crippen LogP contribution >= 0.6 is 0 Å². The van der Waals surface area contributed by atoms with Crippen molar-refractivity contribution in [3.63, 3.8) is 0 Å². The van der Waals surface area contributed by atoms with Gasteiger partial charge in [-0.15, -0.1) is 13.2 Å². The molecule has 0 aromatic rings. The molecule has 6 heteroatoms. The smallest absolute Gasteiger partial charge is 0.242 e. The molecule has 2 saturated heterocycles. The molecule has 0 aromatic heterocycles. The molecule has 0 radical (unpaired) electrons. The third-order valence-electron chi connectivity index (χ3n) is 3.53. The normalized spacial score (nSPS) is 30.6. The van der Waals surface area contributed by atoms with Crippen LogP contribution in [0.15, 0.2) is 25.3 Å². The number of hydrogen-bond acceptors (Lipinski definition) is 4. The lowest BCUT2D eigenvalue weighted by molar-refractivity contribution is -0.181. The summed E-state index contributed by atoms with van der Waals surface area (Å²) in [7, 11) is 0. The van der Waals surface area contributed by atoms with E-state index < -0.39 is 35.8 Å². The Balaban J connectivity index is 2.34. The van der Waals surface area contributed by atoms with Gasteiger partial charge in [0.05, 0.1) is 5.92 Å². The molecule has 6 nitrogen and oxygen atoms in total. The third kappa shape index (κ3) is 1.98. The van der Waals surface area contributed by atoms with Crippen molar-refractivity contribution in [2.45, 2.75) is 12.6 Å². The minimum Gasteiger partial charge on any atom is -0.373 e. The van der Waals surface area contributed by atoms with E-state index in [9.17, 15) is 19.5 Å². The fraction of sp³-hybridized carbons (Fsp3) is 0.462. The summed E-state index contributed by atoms with van der Waals surface area (Å²) in [6, 6.07) is 0. The van der Waals surface area contributed by atoms with Crippen LogP contribution in [0.2, 0.25) is 0 Å². The van der Waals surface area contributed by atoms with Crippen molar-refractivity contribution in [3.05, 3.63) is 25.3 Å². The van der Waals surface area contributed by atoms with Gasteiger partial charge in [-0.25, -0.2) is 0 Å². The fourth-order valence-corrected chi connectivity index (χ4v) is 2.60. The highest BCUT2D eigenvalue weighted by molar-refractivity contribution is 6.11. The molecule has 3 amide bonds. The molecule has 2 heterocycles. The van der Waals surface area contributed by atoms with Gasteiger partial charge < -0.3 is 10.0 Å². The molecule has 0 aliphatic carbocycles. The number of piperidine rings is 2. The summed E-state index contributed by atoms with van der Waals surface area (Å²) in [5, 5.41) is 10.1. The van der Waals surface area contributed by atoms with Crippen molar-refractivity contribution in [3.8, 4) is 0 Å². The first kappa shape index (κ1) is 13.5. The summed E-state index contributed by atoms with van der Waals surface area (Å²) >= 11 is 0. The molecule has 102 valence electrons. The summed E-state index contributed by atoms with van der Waals surface area (Å²) in [5.41, 5.74) is 0. The summed E-state index contributed by atoms with van der Waals surface area (Å²) < 4.78 is 0. The Morgan fingerprint density at radius 2 is 1.74 bits per heavy atom. The number of fused-ring (bicyclic) bond motifs is 2. The summed E-state index contributed by atoms with van der Waals surface area (Å²) in [6.07, 6.45) is 1.77. The second-order valence-corrected chi connectivity index (χ2v) is 4.66. The van der Waals surface area contributed by atoms with Gasteiger partial charge in [-0.3, -0.25) is 19.3 Å². The van der Waals surface area contributed by atoms with Crippen LogP contribution in [0.5, 0.6) is 0 Å². The van der Waals surface area contributed by atoms with Crippen molar-refractivity contribution in [2.75, 3.05) is 13.1 Å². The highest BCUT2D eigenvalue weighted by Gasteiger charge is 2.53. The maximum atomic E-state index is 12.1. The first-order valence-electron chi connectivity index (χ1n) is 6.08. The van der Waals surface area contributed by atoms with Gasteiger partial charge >= 0.3 is 0 Å². The van der Waals surface area contributed by atoms with Crippen LogP contribution in [0, 0.1) is 11.8 Å². The highest BCUT2D eigenvalue weighted by atomic mass is 16.3. The maximum Gasteiger partial charge on any atom is 0.242 e. The van der Waals surface area contributed by atoms with Crippen LogP contribution in [0.1, 0.15) is 6.42 Å². The predicted octanol–water partition coefficient (Wildman–Crippen LogP) is -0.490. The number of imide groups is 1. The Morgan fingerprint density at radius 1 is 1.11 bits per heavy atom. The number of carbonyl (C=O) groups excluding carboxylic acids is 3. The monoisotopic (exact) mass is 264 g/mol. The van der Waals surface area contributed by atoms with E-state index in [0.717, 1.165) is 9.80 Å². The van der Waals surface area contributed by atoms with Crippen molar-refractivity contribution in [2.24, 2.45) is 11.8 Å². The fourth-order valence-electron chi connectivity index (χ4n) is 2.60. The van der Waals surface area contributed by atoms with Gasteiger partial charge in [0.15, 0.2) is 0 Å². The van der Waals surface area contributed by atoms with E-state index in [0.29, 0.717) is 0 Å². The van der Waals surface area contributed by atoms with E-state index in [2.05, 4.69) is 13.2 Å². The molecule has 0 spiro atoms. The zero-order valence-electron chi connectivity index (χ0n) is 10.5. The first-order valence-corrected chi connectivity index (χ1v) is 6.08. The van der Waals surface area contributed by atoms with Crippen LogP contribution in [0.4, 0.5) is 0 Å². The standard InChI is InChI=1S/C13H16N2O4/c1-3-5-14-10(16)8-7-9(11(14)17)13(19)15(6-4-2)12(8)18/h3-4,8-10,16H,1-2,5-7H2/t8-,9+,10+/m1/s1. The van der Waals surface area contributed by atoms with Crippen molar-refractivity contribution < 1.29 is 19.5 Å². The quantitative estimate of drug-likeness (QED) is 0.422. The largest absolute Gasteiger partial charge is 0.373 e. The number of hydrogen-bond donors (Lipinski definition) is 1. The molecule has 2 bridgehead atoms. The molecule has 0 unspecified atom stereocenters. The van der Waals surface area contributed by atoms with Crippen molar-refractivity contribution in [1.29, 1.82) is 0 Å². The van der Waals surface area contributed by atoms with Crippen LogP contribution in [-0.2, 0) is 14.4 Å². The van der Waals surface area contributed by atoms with E-state index in [1.807, 2.05) is 0 Å². The van der Waals surface area contributed by atoms with Gasteiger partial charge in [0.1, 0.15) is 12.1 Å². The topological polar surface area (TPSA) is 77.9 Å². The molecule has 0 saturated carbocycles. The first-order chi connectivity index (χ1) is 9.02. The minimum atomic E-state index is -1.20. The molecule has 2 fully saturated rings. The van der Waals surface area contributed by atoms with Crippen molar-refractivity contribution >= 4 is 17.7 Å².